The van der Waals surface area contributed by atoms with Gasteiger partial charge in [-0.05, 0) is 31.4 Å². The Balaban J connectivity index is 2.30. The predicted octanol–water partition coefficient (Wildman–Crippen LogP) is 2.10. The lowest BCUT2D eigenvalue weighted by Gasteiger charge is -2.09. The van der Waals surface area contributed by atoms with Crippen LogP contribution in [0.3, 0.4) is 0 Å². The number of ether oxygens (including phenoxy) is 1. The van der Waals surface area contributed by atoms with Gasteiger partial charge in [-0.2, -0.15) is 0 Å². The van der Waals surface area contributed by atoms with Gasteiger partial charge in [-0.15, -0.1) is 5.10 Å². The van der Waals surface area contributed by atoms with Crippen LogP contribution in [0.15, 0.2) is 24.4 Å². The summed E-state index contributed by atoms with van der Waals surface area (Å²) in [5, 5.41) is 8.09. The van der Waals surface area contributed by atoms with Gasteiger partial charge in [0, 0.05) is 6.20 Å². The topological polar surface area (TPSA) is 69.9 Å². The maximum absolute atomic E-state index is 12.0. The molecular weight excluding hydrogens is 268 g/mol. The van der Waals surface area contributed by atoms with E-state index in [9.17, 15) is 4.79 Å². The third-order valence-electron chi connectivity index (χ3n) is 2.95. The van der Waals surface area contributed by atoms with Gasteiger partial charge in [0.05, 0.1) is 24.5 Å². The molecule has 0 spiro atoms. The summed E-state index contributed by atoms with van der Waals surface area (Å²) in [5.41, 5.74) is 1.98. The van der Waals surface area contributed by atoms with Crippen LogP contribution in [0.25, 0.3) is 0 Å². The van der Waals surface area contributed by atoms with Crippen LogP contribution in [0.4, 0.5) is 0 Å². The van der Waals surface area contributed by atoms with Crippen molar-refractivity contribution in [3.8, 4) is 0 Å². The molecule has 0 saturated carbocycles. The SMILES string of the molecule is CCOC(=O)c1nnn(Cc2ccccn2)c1CC(C)C. The highest BCUT2D eigenvalue weighted by atomic mass is 16.5. The zero-order valence-corrected chi connectivity index (χ0v) is 12.6. The van der Waals surface area contributed by atoms with Gasteiger partial charge in [0.1, 0.15) is 0 Å². The monoisotopic (exact) mass is 288 g/mol. The lowest BCUT2D eigenvalue weighted by Crippen LogP contribution is -2.14. The number of carbonyl (C=O) groups excluding carboxylic acids is 1. The van der Waals surface area contributed by atoms with Crippen molar-refractivity contribution in [1.29, 1.82) is 0 Å². The number of carbonyl (C=O) groups is 1. The van der Waals surface area contributed by atoms with E-state index in [2.05, 4.69) is 29.1 Å². The minimum absolute atomic E-state index is 0.307. The fraction of sp³-hybridized carbons (Fsp3) is 0.467. The summed E-state index contributed by atoms with van der Waals surface area (Å²) in [7, 11) is 0. The van der Waals surface area contributed by atoms with Gasteiger partial charge in [0.15, 0.2) is 5.69 Å². The first kappa shape index (κ1) is 15.2. The zero-order chi connectivity index (χ0) is 15.2. The van der Waals surface area contributed by atoms with Crippen LogP contribution in [0.5, 0.6) is 0 Å². The maximum Gasteiger partial charge on any atom is 0.360 e. The summed E-state index contributed by atoms with van der Waals surface area (Å²) in [4.78, 5) is 16.2. The molecule has 0 aliphatic carbocycles. The zero-order valence-electron chi connectivity index (χ0n) is 12.6. The van der Waals surface area contributed by atoms with Gasteiger partial charge in [-0.3, -0.25) is 4.98 Å². The molecule has 2 heterocycles. The lowest BCUT2D eigenvalue weighted by atomic mass is 10.1. The van der Waals surface area contributed by atoms with Crippen molar-refractivity contribution < 1.29 is 9.53 Å². The van der Waals surface area contributed by atoms with Crippen molar-refractivity contribution in [1.82, 2.24) is 20.0 Å². The van der Waals surface area contributed by atoms with Crippen molar-refractivity contribution in [2.24, 2.45) is 5.92 Å². The molecule has 112 valence electrons. The fourth-order valence-corrected chi connectivity index (χ4v) is 2.05. The molecule has 0 amide bonds. The molecule has 0 aliphatic rings. The molecule has 0 aliphatic heterocycles. The van der Waals surface area contributed by atoms with E-state index in [0.29, 0.717) is 31.2 Å². The smallest absolute Gasteiger partial charge is 0.360 e. The minimum atomic E-state index is -0.416. The molecule has 2 aromatic rings. The van der Waals surface area contributed by atoms with Gasteiger partial charge < -0.3 is 4.74 Å². The second kappa shape index (κ2) is 6.97. The number of hydrogen-bond donors (Lipinski definition) is 0. The first-order valence-electron chi connectivity index (χ1n) is 7.11. The lowest BCUT2D eigenvalue weighted by molar-refractivity contribution is 0.0517. The Morgan fingerprint density at radius 2 is 2.19 bits per heavy atom. The molecular formula is C15H20N4O2. The molecule has 0 unspecified atom stereocenters. The van der Waals surface area contributed by atoms with E-state index >= 15 is 0 Å². The van der Waals surface area contributed by atoms with Crippen molar-refractivity contribution in [2.75, 3.05) is 6.61 Å². The molecule has 0 aromatic carbocycles. The van der Waals surface area contributed by atoms with Gasteiger partial charge >= 0.3 is 5.97 Å². The van der Waals surface area contributed by atoms with Crippen LogP contribution >= 0.6 is 0 Å². The number of pyridine rings is 1. The third kappa shape index (κ3) is 3.87. The molecule has 0 bridgehead atoms. The van der Waals surface area contributed by atoms with Crippen LogP contribution in [0.1, 0.15) is 42.6 Å². The Morgan fingerprint density at radius 3 is 2.81 bits per heavy atom. The largest absolute Gasteiger partial charge is 0.461 e. The van der Waals surface area contributed by atoms with Crippen molar-refractivity contribution >= 4 is 5.97 Å². The summed E-state index contributed by atoms with van der Waals surface area (Å²) in [6.07, 6.45) is 2.45. The Kier molecular flexibility index (Phi) is 5.03. The average Bonchev–Trinajstić information content (AvgIpc) is 2.82. The Morgan fingerprint density at radius 1 is 1.38 bits per heavy atom. The van der Waals surface area contributed by atoms with Crippen LogP contribution in [-0.4, -0.2) is 32.6 Å². The molecule has 6 nitrogen and oxygen atoms in total. The second-order valence-corrected chi connectivity index (χ2v) is 5.18. The summed E-state index contributed by atoms with van der Waals surface area (Å²) in [5.74, 6) is -0.0282. The van der Waals surface area contributed by atoms with E-state index in [4.69, 9.17) is 4.74 Å². The summed E-state index contributed by atoms with van der Waals surface area (Å²) in [6.45, 7) is 6.78. The van der Waals surface area contributed by atoms with Crippen LogP contribution in [0.2, 0.25) is 0 Å². The number of esters is 1. The second-order valence-electron chi connectivity index (χ2n) is 5.18. The molecule has 6 heteroatoms. The van der Waals surface area contributed by atoms with E-state index in [1.54, 1.807) is 17.8 Å². The van der Waals surface area contributed by atoms with Gasteiger partial charge in [-0.1, -0.05) is 25.1 Å². The van der Waals surface area contributed by atoms with Gasteiger partial charge in [-0.25, -0.2) is 9.48 Å². The quantitative estimate of drug-likeness (QED) is 0.761. The maximum atomic E-state index is 12.0. The summed E-state index contributed by atoms with van der Waals surface area (Å²) >= 11 is 0. The first-order valence-corrected chi connectivity index (χ1v) is 7.11. The standard InChI is InChI=1S/C15H20N4O2/c1-4-21-15(20)14-13(9-11(2)3)19(18-17-14)10-12-7-5-6-8-16-12/h5-8,11H,4,9-10H2,1-3H3. The highest BCUT2D eigenvalue weighted by Gasteiger charge is 2.21. The number of rotatable bonds is 6. The Bertz CT molecular complexity index is 593. The molecule has 0 atom stereocenters. The molecule has 0 N–H and O–H groups in total. The molecule has 0 saturated heterocycles. The fourth-order valence-electron chi connectivity index (χ4n) is 2.05. The Labute approximate surface area is 124 Å². The first-order chi connectivity index (χ1) is 10.1. The van der Waals surface area contributed by atoms with Crippen LogP contribution in [-0.2, 0) is 17.7 Å². The number of nitrogens with zero attached hydrogens (tertiary/aromatic N) is 4. The highest BCUT2D eigenvalue weighted by Crippen LogP contribution is 2.14. The summed E-state index contributed by atoms with van der Waals surface area (Å²) in [6, 6.07) is 5.71. The normalized spacial score (nSPS) is 10.9. The van der Waals surface area contributed by atoms with Crippen molar-refractivity contribution in [3.05, 3.63) is 41.5 Å². The predicted molar refractivity (Wildman–Crippen MR) is 77.9 cm³/mol. The van der Waals surface area contributed by atoms with Crippen molar-refractivity contribution in [3.63, 3.8) is 0 Å². The van der Waals surface area contributed by atoms with Gasteiger partial charge in [0.2, 0.25) is 0 Å². The van der Waals surface area contributed by atoms with Crippen LogP contribution in [0, 0.1) is 5.92 Å². The van der Waals surface area contributed by atoms with E-state index in [0.717, 1.165) is 11.4 Å². The Hall–Kier alpha value is -2.24. The van der Waals surface area contributed by atoms with E-state index in [1.165, 1.54) is 0 Å². The van der Waals surface area contributed by atoms with Crippen molar-refractivity contribution in [2.45, 2.75) is 33.7 Å². The van der Waals surface area contributed by atoms with E-state index < -0.39 is 5.97 Å². The third-order valence-corrected chi connectivity index (χ3v) is 2.95. The molecule has 0 radical (unpaired) electrons. The molecule has 2 aromatic heterocycles. The van der Waals surface area contributed by atoms with E-state index in [-0.39, 0.29) is 0 Å². The highest BCUT2D eigenvalue weighted by molar-refractivity contribution is 5.88. The summed E-state index contributed by atoms with van der Waals surface area (Å²) < 4.78 is 6.77. The van der Waals surface area contributed by atoms with E-state index in [1.807, 2.05) is 18.2 Å². The number of aromatic nitrogens is 4. The average molecular weight is 288 g/mol. The van der Waals surface area contributed by atoms with Crippen LogP contribution < -0.4 is 0 Å². The van der Waals surface area contributed by atoms with Gasteiger partial charge in [0.25, 0.3) is 0 Å². The minimum Gasteiger partial charge on any atom is -0.461 e. The molecule has 0 fully saturated rings. The molecule has 21 heavy (non-hydrogen) atoms. The molecule has 2 rings (SSSR count). The number of hydrogen-bond acceptors (Lipinski definition) is 5.